The van der Waals surface area contributed by atoms with Gasteiger partial charge in [-0.15, -0.1) is 0 Å². The van der Waals surface area contributed by atoms with E-state index in [4.69, 9.17) is 9.15 Å². The number of sulfonamides is 1. The molecule has 0 atom stereocenters. The first-order chi connectivity index (χ1) is 14.4. The molecule has 1 amide bonds. The number of aryl methyl sites for hydroxylation is 1. The Morgan fingerprint density at radius 3 is 2.43 bits per heavy atom. The van der Waals surface area contributed by atoms with Crippen molar-refractivity contribution in [3.63, 3.8) is 0 Å². The van der Waals surface area contributed by atoms with Crippen LogP contribution in [-0.4, -0.2) is 55.8 Å². The predicted octanol–water partition coefficient (Wildman–Crippen LogP) is 3.19. The Kier molecular flexibility index (Phi) is 6.26. The van der Waals surface area contributed by atoms with E-state index in [1.807, 2.05) is 30.3 Å². The largest absolute Gasteiger partial charge is 0.455 e. The van der Waals surface area contributed by atoms with Crippen LogP contribution in [0.5, 0.6) is 0 Å². The Morgan fingerprint density at radius 1 is 1.10 bits per heavy atom. The highest BCUT2D eigenvalue weighted by atomic mass is 32.2. The van der Waals surface area contributed by atoms with Gasteiger partial charge in [0.05, 0.1) is 12.7 Å². The Morgan fingerprint density at radius 2 is 1.77 bits per heavy atom. The maximum Gasteiger partial charge on any atom is 0.289 e. The van der Waals surface area contributed by atoms with Gasteiger partial charge < -0.3 is 14.1 Å². The number of carbonyl (C=O) groups excluding carboxylic acids is 1. The van der Waals surface area contributed by atoms with Gasteiger partial charge in [0, 0.05) is 32.2 Å². The summed E-state index contributed by atoms with van der Waals surface area (Å²) in [6, 6.07) is 11.4. The molecule has 2 aliphatic rings. The predicted molar refractivity (Wildman–Crippen MR) is 112 cm³/mol. The van der Waals surface area contributed by atoms with Crippen molar-refractivity contribution in [2.45, 2.75) is 50.2 Å². The van der Waals surface area contributed by atoms with Crippen molar-refractivity contribution < 1.29 is 22.4 Å². The molecule has 0 saturated carbocycles. The lowest BCUT2D eigenvalue weighted by atomic mass is 10.1. The monoisotopic (exact) mass is 432 g/mol. The van der Waals surface area contributed by atoms with E-state index in [1.165, 1.54) is 10.4 Å². The summed E-state index contributed by atoms with van der Waals surface area (Å²) in [6.45, 7) is 4.33. The summed E-state index contributed by atoms with van der Waals surface area (Å²) < 4.78 is 38.7. The van der Waals surface area contributed by atoms with E-state index in [9.17, 15) is 13.2 Å². The molecule has 0 unspecified atom stereocenters. The van der Waals surface area contributed by atoms with Crippen molar-refractivity contribution in [1.82, 2.24) is 9.21 Å². The Hall–Kier alpha value is -2.16. The molecular weight excluding hydrogens is 404 g/mol. The number of rotatable bonds is 6. The van der Waals surface area contributed by atoms with Crippen LogP contribution in [-0.2, 0) is 21.4 Å². The normalized spacial score (nSPS) is 18.8. The van der Waals surface area contributed by atoms with Gasteiger partial charge in [-0.3, -0.25) is 4.79 Å². The average molecular weight is 433 g/mol. The molecule has 4 rings (SSSR count). The van der Waals surface area contributed by atoms with Crippen LogP contribution in [0.25, 0.3) is 0 Å². The molecule has 0 aliphatic carbocycles. The van der Waals surface area contributed by atoms with Crippen LogP contribution >= 0.6 is 0 Å². The second-order valence-electron chi connectivity index (χ2n) is 7.93. The summed E-state index contributed by atoms with van der Waals surface area (Å²) in [6.07, 6.45) is 3.33. The number of amides is 1. The third-order valence-electron chi connectivity index (χ3n) is 5.82. The minimum atomic E-state index is -3.61. The van der Waals surface area contributed by atoms with E-state index in [1.54, 1.807) is 11.8 Å². The minimum absolute atomic E-state index is 0.0916. The smallest absolute Gasteiger partial charge is 0.289 e. The highest BCUT2D eigenvalue weighted by molar-refractivity contribution is 7.89. The summed E-state index contributed by atoms with van der Waals surface area (Å²) in [7, 11) is -3.61. The molecule has 2 fully saturated rings. The van der Waals surface area contributed by atoms with Crippen LogP contribution in [0, 0.1) is 6.92 Å². The molecule has 8 heteroatoms. The number of benzene rings is 1. The maximum atomic E-state index is 12.9. The van der Waals surface area contributed by atoms with Gasteiger partial charge in [0.15, 0.2) is 5.76 Å². The first-order valence-corrected chi connectivity index (χ1v) is 11.9. The molecule has 2 aromatic rings. The van der Waals surface area contributed by atoms with Gasteiger partial charge in [0.2, 0.25) is 10.0 Å². The van der Waals surface area contributed by atoms with E-state index in [0.29, 0.717) is 32.8 Å². The number of nitrogens with zero attached hydrogens (tertiary/aromatic N) is 2. The Balaban J connectivity index is 1.35. The van der Waals surface area contributed by atoms with Crippen molar-refractivity contribution >= 4 is 15.9 Å². The summed E-state index contributed by atoms with van der Waals surface area (Å²) in [5.41, 5.74) is 1.13. The number of likely N-dealkylation sites (tertiary alicyclic amines) is 1. The lowest BCUT2D eigenvalue weighted by Crippen LogP contribution is -2.40. The van der Waals surface area contributed by atoms with E-state index < -0.39 is 10.0 Å². The number of hydrogen-bond acceptors (Lipinski definition) is 5. The summed E-state index contributed by atoms with van der Waals surface area (Å²) in [5, 5.41) is 0. The van der Waals surface area contributed by atoms with Gasteiger partial charge in [-0.05, 0) is 38.2 Å². The quantitative estimate of drug-likeness (QED) is 0.700. The fraction of sp³-hybridized carbons (Fsp3) is 0.500. The van der Waals surface area contributed by atoms with Crippen molar-refractivity contribution in [2.24, 2.45) is 0 Å². The fourth-order valence-corrected chi connectivity index (χ4v) is 5.74. The zero-order chi connectivity index (χ0) is 21.1. The van der Waals surface area contributed by atoms with Crippen molar-refractivity contribution in [1.29, 1.82) is 0 Å². The second-order valence-corrected chi connectivity index (χ2v) is 9.84. The molecule has 162 valence electrons. The second kappa shape index (κ2) is 8.91. The lowest BCUT2D eigenvalue weighted by Gasteiger charge is -2.31. The molecule has 2 aliphatic heterocycles. The molecular formula is C22H28N2O5S. The molecule has 1 aromatic heterocycles. The summed E-state index contributed by atoms with van der Waals surface area (Å²) in [4.78, 5) is 14.7. The maximum absolute atomic E-state index is 12.9. The molecule has 30 heavy (non-hydrogen) atoms. The van der Waals surface area contributed by atoms with Gasteiger partial charge in [-0.1, -0.05) is 30.3 Å². The van der Waals surface area contributed by atoms with Crippen LogP contribution < -0.4 is 0 Å². The van der Waals surface area contributed by atoms with Crippen LogP contribution in [0.3, 0.4) is 0 Å². The zero-order valence-electron chi connectivity index (χ0n) is 17.2. The molecule has 0 spiro atoms. The molecule has 0 bridgehead atoms. The molecule has 3 heterocycles. The number of ether oxygens (including phenoxy) is 1. The number of piperidine rings is 1. The first kappa shape index (κ1) is 21.1. The van der Waals surface area contributed by atoms with Crippen molar-refractivity contribution in [3.05, 3.63) is 53.5 Å². The third kappa shape index (κ3) is 4.45. The number of carbonyl (C=O) groups is 1. The zero-order valence-corrected chi connectivity index (χ0v) is 18.1. The fourth-order valence-electron chi connectivity index (χ4n) is 4.06. The third-order valence-corrected chi connectivity index (χ3v) is 7.83. The van der Waals surface area contributed by atoms with Gasteiger partial charge in [-0.25, -0.2) is 8.42 Å². The van der Waals surface area contributed by atoms with Crippen LogP contribution in [0.4, 0.5) is 0 Å². The van der Waals surface area contributed by atoms with E-state index in [-0.39, 0.29) is 28.4 Å². The number of hydrogen-bond donors (Lipinski definition) is 0. The first-order valence-electron chi connectivity index (χ1n) is 10.5. The van der Waals surface area contributed by atoms with Gasteiger partial charge >= 0.3 is 0 Å². The van der Waals surface area contributed by atoms with Gasteiger partial charge in [-0.2, -0.15) is 4.31 Å². The minimum Gasteiger partial charge on any atom is -0.455 e. The Bertz CT molecular complexity index is 972. The standard InChI is InChI=1S/C22H28N2O5S/c1-17-21(30(26,27)24-11-5-6-12-24)15-20(29-17)22(25)23-13-9-19(10-14-23)28-16-18-7-3-2-4-8-18/h2-4,7-8,15,19H,5-6,9-14,16H2,1H3. The molecule has 7 nitrogen and oxygen atoms in total. The van der Waals surface area contributed by atoms with Crippen LogP contribution in [0.15, 0.2) is 45.7 Å². The van der Waals surface area contributed by atoms with E-state index >= 15 is 0 Å². The Labute approximate surface area is 177 Å². The topological polar surface area (TPSA) is 80.1 Å². The summed E-state index contributed by atoms with van der Waals surface area (Å²) in [5.74, 6) is 0.0998. The van der Waals surface area contributed by atoms with Gasteiger partial charge in [0.1, 0.15) is 10.7 Å². The molecule has 2 saturated heterocycles. The van der Waals surface area contributed by atoms with Crippen LogP contribution in [0.2, 0.25) is 0 Å². The lowest BCUT2D eigenvalue weighted by molar-refractivity contribution is -0.00106. The van der Waals surface area contributed by atoms with E-state index in [0.717, 1.165) is 31.2 Å². The average Bonchev–Trinajstić information content (AvgIpc) is 3.44. The number of furan rings is 1. The highest BCUT2D eigenvalue weighted by Crippen LogP contribution is 2.27. The summed E-state index contributed by atoms with van der Waals surface area (Å²) >= 11 is 0. The molecule has 1 aromatic carbocycles. The molecule has 0 N–H and O–H groups in total. The van der Waals surface area contributed by atoms with Crippen molar-refractivity contribution in [3.8, 4) is 0 Å². The van der Waals surface area contributed by atoms with Gasteiger partial charge in [0.25, 0.3) is 5.91 Å². The van der Waals surface area contributed by atoms with E-state index in [2.05, 4.69) is 0 Å². The van der Waals surface area contributed by atoms with Crippen LogP contribution in [0.1, 0.15) is 47.6 Å². The SMILES string of the molecule is Cc1oc(C(=O)N2CCC(OCc3ccccc3)CC2)cc1S(=O)(=O)N1CCCC1. The highest BCUT2D eigenvalue weighted by Gasteiger charge is 2.33. The van der Waals surface area contributed by atoms with Crippen molar-refractivity contribution in [2.75, 3.05) is 26.2 Å². The molecule has 0 radical (unpaired) electrons.